The Hall–Kier alpha value is -1.58. The molecule has 1 aliphatic carbocycles. The minimum atomic E-state index is -1.47. The molecule has 0 aliphatic heterocycles. The summed E-state index contributed by atoms with van der Waals surface area (Å²) in [6, 6.07) is 8.49. The van der Waals surface area contributed by atoms with Crippen LogP contribution in [0.3, 0.4) is 0 Å². The third kappa shape index (κ3) is 10.4. The largest absolute Gasteiger partial charge is 0.494 e. The van der Waals surface area contributed by atoms with Crippen LogP contribution in [0.5, 0.6) is 5.75 Å². The Balaban J connectivity index is 1.60. The lowest BCUT2D eigenvalue weighted by Gasteiger charge is -2.29. The molecule has 1 aliphatic rings. The summed E-state index contributed by atoms with van der Waals surface area (Å²) in [6.07, 6.45) is 14.3. The van der Waals surface area contributed by atoms with E-state index in [1.807, 2.05) is 6.92 Å². The van der Waals surface area contributed by atoms with Crippen molar-refractivity contribution < 1.29 is 18.7 Å². The second kappa shape index (κ2) is 16.1. The maximum absolute atomic E-state index is 13.8. The standard InChI is InChI=1S/C28H45FO3/c1-3-5-7-8-9-10-11-12-22-31-25-18-14-23(15-19-25)24-16-20-26(21-17-24)32-28(30)27(29)13-6-4-2/h14-15,18-19,24,26-27H,3-13,16-17,20-22H2,1-2H3/t24?,26?,27-/m0/s1. The predicted octanol–water partition coefficient (Wildman–Crippen LogP) is 8.30. The first-order chi connectivity index (χ1) is 15.6. The zero-order valence-corrected chi connectivity index (χ0v) is 20.5. The van der Waals surface area contributed by atoms with Crippen molar-refractivity contribution in [2.75, 3.05) is 6.61 Å². The van der Waals surface area contributed by atoms with Crippen molar-refractivity contribution in [2.24, 2.45) is 0 Å². The van der Waals surface area contributed by atoms with Crippen LogP contribution in [0.4, 0.5) is 4.39 Å². The van der Waals surface area contributed by atoms with Gasteiger partial charge in [0.15, 0.2) is 6.17 Å². The van der Waals surface area contributed by atoms with Gasteiger partial charge in [-0.1, -0.05) is 83.8 Å². The molecule has 182 valence electrons. The topological polar surface area (TPSA) is 35.5 Å². The number of rotatable bonds is 16. The van der Waals surface area contributed by atoms with E-state index in [2.05, 4.69) is 31.2 Å². The molecule has 4 heteroatoms. The number of carbonyl (C=O) groups is 1. The summed E-state index contributed by atoms with van der Waals surface area (Å²) in [5.74, 6) is 0.758. The first-order valence-electron chi connectivity index (χ1n) is 13.2. The minimum absolute atomic E-state index is 0.132. The molecule has 0 N–H and O–H groups in total. The highest BCUT2D eigenvalue weighted by atomic mass is 19.1. The predicted molar refractivity (Wildman–Crippen MR) is 130 cm³/mol. The highest BCUT2D eigenvalue weighted by Gasteiger charge is 2.27. The molecule has 3 nitrogen and oxygen atoms in total. The van der Waals surface area contributed by atoms with Crippen LogP contribution < -0.4 is 4.74 Å². The number of esters is 1. The van der Waals surface area contributed by atoms with E-state index >= 15 is 0 Å². The van der Waals surface area contributed by atoms with E-state index < -0.39 is 12.1 Å². The molecule has 1 aromatic carbocycles. The van der Waals surface area contributed by atoms with Gasteiger partial charge in [0.05, 0.1) is 6.61 Å². The fraction of sp³-hybridized carbons (Fsp3) is 0.750. The molecular weight excluding hydrogens is 403 g/mol. The lowest BCUT2D eigenvalue weighted by molar-refractivity contribution is -0.157. The summed E-state index contributed by atoms with van der Waals surface area (Å²) in [5, 5.41) is 0. The number of halogens is 1. The Labute approximate surface area is 195 Å². The highest BCUT2D eigenvalue weighted by molar-refractivity contribution is 5.74. The average molecular weight is 449 g/mol. The molecule has 0 aromatic heterocycles. The SMILES string of the molecule is CCCCCCCCCCOc1ccc(C2CCC(OC(=O)[C@@H](F)CCCC)CC2)cc1. The van der Waals surface area contributed by atoms with Gasteiger partial charge in [0.2, 0.25) is 0 Å². The number of unbranched alkanes of at least 4 members (excludes halogenated alkanes) is 8. The van der Waals surface area contributed by atoms with Crippen LogP contribution in [-0.4, -0.2) is 24.9 Å². The Morgan fingerprint density at radius 1 is 0.875 bits per heavy atom. The van der Waals surface area contributed by atoms with Crippen LogP contribution in [0.15, 0.2) is 24.3 Å². The molecule has 0 saturated heterocycles. The highest BCUT2D eigenvalue weighted by Crippen LogP contribution is 2.35. The van der Waals surface area contributed by atoms with Crippen LogP contribution in [0.25, 0.3) is 0 Å². The Morgan fingerprint density at radius 2 is 1.47 bits per heavy atom. The number of alkyl halides is 1. The quantitative estimate of drug-likeness (QED) is 0.188. The zero-order chi connectivity index (χ0) is 23.0. The summed E-state index contributed by atoms with van der Waals surface area (Å²) in [7, 11) is 0. The van der Waals surface area contributed by atoms with Gasteiger partial charge < -0.3 is 9.47 Å². The van der Waals surface area contributed by atoms with Crippen LogP contribution in [0.2, 0.25) is 0 Å². The summed E-state index contributed by atoms with van der Waals surface area (Å²) in [5.41, 5.74) is 1.32. The second-order valence-electron chi connectivity index (χ2n) is 9.41. The van der Waals surface area contributed by atoms with E-state index in [0.717, 1.165) is 57.3 Å². The van der Waals surface area contributed by atoms with Gasteiger partial charge >= 0.3 is 5.97 Å². The molecule has 0 bridgehead atoms. The molecule has 0 heterocycles. The Kier molecular flexibility index (Phi) is 13.4. The van der Waals surface area contributed by atoms with Crippen molar-refractivity contribution in [3.05, 3.63) is 29.8 Å². The van der Waals surface area contributed by atoms with Gasteiger partial charge in [0, 0.05) is 0 Å². The van der Waals surface area contributed by atoms with Crippen LogP contribution in [0.1, 0.15) is 122 Å². The van der Waals surface area contributed by atoms with Gasteiger partial charge in [0.1, 0.15) is 11.9 Å². The molecule has 0 spiro atoms. The van der Waals surface area contributed by atoms with Crippen LogP contribution in [0, 0.1) is 0 Å². The summed E-state index contributed by atoms with van der Waals surface area (Å²) in [6.45, 7) is 5.04. The molecule has 1 fully saturated rings. The van der Waals surface area contributed by atoms with E-state index in [-0.39, 0.29) is 12.5 Å². The summed E-state index contributed by atoms with van der Waals surface area (Å²) in [4.78, 5) is 11.9. The summed E-state index contributed by atoms with van der Waals surface area (Å²) < 4.78 is 25.2. The van der Waals surface area contributed by atoms with Gasteiger partial charge in [-0.25, -0.2) is 9.18 Å². The van der Waals surface area contributed by atoms with Gasteiger partial charge in [-0.15, -0.1) is 0 Å². The van der Waals surface area contributed by atoms with Gasteiger partial charge in [-0.2, -0.15) is 0 Å². The Morgan fingerprint density at radius 3 is 2.09 bits per heavy atom. The van der Waals surface area contributed by atoms with Gasteiger partial charge in [-0.3, -0.25) is 0 Å². The van der Waals surface area contributed by atoms with E-state index in [1.165, 1.54) is 50.5 Å². The van der Waals surface area contributed by atoms with Crippen molar-refractivity contribution in [1.29, 1.82) is 0 Å². The second-order valence-corrected chi connectivity index (χ2v) is 9.41. The molecule has 0 unspecified atom stereocenters. The van der Waals surface area contributed by atoms with Crippen molar-refractivity contribution in [3.63, 3.8) is 0 Å². The lowest BCUT2D eigenvalue weighted by Crippen LogP contribution is -2.28. The molecular formula is C28H45FO3. The van der Waals surface area contributed by atoms with E-state index in [9.17, 15) is 9.18 Å². The van der Waals surface area contributed by atoms with Gasteiger partial charge in [-0.05, 0) is 62.1 Å². The van der Waals surface area contributed by atoms with E-state index in [0.29, 0.717) is 5.92 Å². The first kappa shape index (κ1) is 26.7. The third-order valence-electron chi connectivity index (χ3n) is 6.64. The molecule has 0 radical (unpaired) electrons. The fourth-order valence-electron chi connectivity index (χ4n) is 4.52. The fourth-order valence-corrected chi connectivity index (χ4v) is 4.52. The minimum Gasteiger partial charge on any atom is -0.494 e. The van der Waals surface area contributed by atoms with Crippen molar-refractivity contribution in [1.82, 2.24) is 0 Å². The van der Waals surface area contributed by atoms with E-state index in [1.54, 1.807) is 0 Å². The van der Waals surface area contributed by atoms with Crippen LogP contribution in [-0.2, 0) is 9.53 Å². The van der Waals surface area contributed by atoms with Crippen LogP contribution >= 0.6 is 0 Å². The molecule has 0 amide bonds. The lowest BCUT2D eigenvalue weighted by atomic mass is 9.83. The average Bonchev–Trinajstić information content (AvgIpc) is 2.82. The molecule has 1 aromatic rings. The number of carbonyl (C=O) groups excluding carboxylic acids is 1. The first-order valence-corrected chi connectivity index (χ1v) is 13.2. The monoisotopic (exact) mass is 448 g/mol. The molecule has 2 rings (SSSR count). The maximum atomic E-state index is 13.8. The molecule has 1 atom stereocenters. The van der Waals surface area contributed by atoms with Crippen molar-refractivity contribution >= 4 is 5.97 Å². The molecule has 32 heavy (non-hydrogen) atoms. The summed E-state index contributed by atoms with van der Waals surface area (Å²) >= 11 is 0. The van der Waals surface area contributed by atoms with Crippen molar-refractivity contribution in [3.8, 4) is 5.75 Å². The van der Waals surface area contributed by atoms with Crippen molar-refractivity contribution in [2.45, 2.75) is 128 Å². The maximum Gasteiger partial charge on any atom is 0.340 e. The van der Waals surface area contributed by atoms with Gasteiger partial charge in [0.25, 0.3) is 0 Å². The molecule has 1 saturated carbocycles. The Bertz CT molecular complexity index is 608. The zero-order valence-electron chi connectivity index (χ0n) is 20.5. The van der Waals surface area contributed by atoms with E-state index in [4.69, 9.17) is 9.47 Å². The number of hydrogen-bond acceptors (Lipinski definition) is 3. The smallest absolute Gasteiger partial charge is 0.340 e. The number of benzene rings is 1. The number of hydrogen-bond donors (Lipinski definition) is 0. The normalized spacial score (nSPS) is 19.5. The third-order valence-corrected chi connectivity index (χ3v) is 6.64. The number of ether oxygens (including phenoxy) is 2.